The lowest BCUT2D eigenvalue weighted by Gasteiger charge is -2.18. The van der Waals surface area contributed by atoms with Crippen LogP contribution in [0.5, 0.6) is 5.75 Å². The number of carbonyl (C=O) groups excluding carboxylic acids is 3. The summed E-state index contributed by atoms with van der Waals surface area (Å²) in [4.78, 5) is 53.0. The van der Waals surface area contributed by atoms with E-state index in [2.05, 4.69) is 16.0 Å². The number of carbonyl (C=O) groups is 4. The molecule has 0 aliphatic rings. The summed E-state index contributed by atoms with van der Waals surface area (Å²) < 4.78 is 5.91. The zero-order chi connectivity index (χ0) is 38.6. The van der Waals surface area contributed by atoms with E-state index in [9.17, 15) is 24.3 Å². The Balaban J connectivity index is 1.21. The maximum atomic E-state index is 13.8. The van der Waals surface area contributed by atoms with Gasteiger partial charge in [0.05, 0.1) is 16.3 Å². The molecule has 55 heavy (non-hydrogen) atoms. The summed E-state index contributed by atoms with van der Waals surface area (Å²) in [6, 6.07) is 45.7. The fourth-order valence-electron chi connectivity index (χ4n) is 5.35. The quantitative estimate of drug-likeness (QED) is 0.0641. The largest absolute Gasteiger partial charge is 0.489 e. The maximum Gasteiger partial charge on any atom is 0.335 e. The van der Waals surface area contributed by atoms with Crippen LogP contribution >= 0.6 is 23.4 Å². The lowest BCUT2D eigenvalue weighted by molar-refractivity contribution is -0.116. The Kier molecular flexibility index (Phi) is 12.8. The van der Waals surface area contributed by atoms with Crippen LogP contribution in [0, 0.1) is 0 Å². The summed E-state index contributed by atoms with van der Waals surface area (Å²) in [5.41, 5.74) is 3.33. The fraction of sp³-hybridized carbons (Fsp3) is 0.0455. The minimum Gasteiger partial charge on any atom is -0.489 e. The van der Waals surface area contributed by atoms with Gasteiger partial charge in [-0.25, -0.2) is 4.79 Å². The normalized spacial score (nSPS) is 11.5. The maximum absolute atomic E-state index is 13.8. The van der Waals surface area contributed by atoms with Crippen LogP contribution in [0.15, 0.2) is 168 Å². The van der Waals surface area contributed by atoms with Crippen molar-refractivity contribution in [3.8, 4) is 5.75 Å². The van der Waals surface area contributed by atoms with Crippen molar-refractivity contribution >= 4 is 64.5 Å². The molecule has 4 N–H and O–H groups in total. The van der Waals surface area contributed by atoms with Gasteiger partial charge >= 0.3 is 5.97 Å². The molecule has 274 valence electrons. The van der Waals surface area contributed by atoms with Gasteiger partial charge < -0.3 is 25.8 Å². The van der Waals surface area contributed by atoms with E-state index < -0.39 is 28.9 Å². The van der Waals surface area contributed by atoms with E-state index >= 15 is 0 Å². The minimum absolute atomic E-state index is 0.00636. The van der Waals surface area contributed by atoms with E-state index in [1.54, 1.807) is 84.9 Å². The standard InChI is InChI=1S/C44H34ClN3O6S/c45-37-24-21-33(44(52)53)26-38(37)47-43(51)40(31-13-6-2-7-14-31)55-36-18-10-17-34(27-36)46-42(50)39(48-41(49)32-15-8-3-9-16-32)25-29-19-22-35(23-20-29)54-28-30-11-4-1-5-12-30/h1-27,40H,28H2,(H,46,50)(H,47,51)(H,48,49)(H,52,53)/b39-25+. The van der Waals surface area contributed by atoms with Crippen molar-refractivity contribution < 1.29 is 29.0 Å². The van der Waals surface area contributed by atoms with Gasteiger partial charge in [0.1, 0.15) is 23.3 Å². The number of halogens is 1. The van der Waals surface area contributed by atoms with Crippen LogP contribution in [0.3, 0.4) is 0 Å². The number of rotatable bonds is 14. The average Bonchev–Trinajstić information content (AvgIpc) is 3.21. The molecule has 11 heteroatoms. The van der Waals surface area contributed by atoms with Gasteiger partial charge in [-0.05, 0) is 83.4 Å². The molecule has 6 aromatic rings. The highest BCUT2D eigenvalue weighted by molar-refractivity contribution is 8.00. The van der Waals surface area contributed by atoms with Crippen LogP contribution in [-0.4, -0.2) is 28.8 Å². The second-order valence-corrected chi connectivity index (χ2v) is 13.7. The van der Waals surface area contributed by atoms with Crippen LogP contribution in [-0.2, 0) is 16.2 Å². The molecule has 0 aromatic heterocycles. The number of hydrogen-bond donors (Lipinski definition) is 4. The van der Waals surface area contributed by atoms with E-state index in [1.165, 1.54) is 30.0 Å². The Morgan fingerprint density at radius 1 is 0.709 bits per heavy atom. The van der Waals surface area contributed by atoms with Gasteiger partial charge in [0.15, 0.2) is 0 Å². The summed E-state index contributed by atoms with van der Waals surface area (Å²) in [5.74, 6) is -1.96. The highest BCUT2D eigenvalue weighted by Gasteiger charge is 2.24. The van der Waals surface area contributed by atoms with Crippen LogP contribution in [0.4, 0.5) is 11.4 Å². The molecule has 1 atom stereocenters. The Morgan fingerprint density at radius 3 is 2.07 bits per heavy atom. The Hall–Kier alpha value is -6.62. The van der Waals surface area contributed by atoms with Crippen molar-refractivity contribution in [1.29, 1.82) is 0 Å². The van der Waals surface area contributed by atoms with Crippen molar-refractivity contribution in [3.05, 3.63) is 196 Å². The van der Waals surface area contributed by atoms with E-state index in [0.29, 0.717) is 39.6 Å². The lowest BCUT2D eigenvalue weighted by Crippen LogP contribution is -2.30. The summed E-state index contributed by atoms with van der Waals surface area (Å²) in [7, 11) is 0. The van der Waals surface area contributed by atoms with Crippen LogP contribution in [0.1, 0.15) is 42.7 Å². The molecule has 6 rings (SSSR count). The third kappa shape index (κ3) is 10.7. The van der Waals surface area contributed by atoms with Gasteiger partial charge in [-0.1, -0.05) is 109 Å². The van der Waals surface area contributed by atoms with Gasteiger partial charge in [0.25, 0.3) is 11.8 Å². The van der Waals surface area contributed by atoms with Gasteiger partial charge in [0.2, 0.25) is 5.91 Å². The van der Waals surface area contributed by atoms with E-state index in [4.69, 9.17) is 16.3 Å². The third-order valence-corrected chi connectivity index (χ3v) is 9.70. The molecule has 9 nitrogen and oxygen atoms in total. The summed E-state index contributed by atoms with van der Waals surface area (Å²) in [5, 5.41) is 17.3. The predicted molar refractivity (Wildman–Crippen MR) is 216 cm³/mol. The van der Waals surface area contributed by atoms with Crippen molar-refractivity contribution in [3.63, 3.8) is 0 Å². The second kappa shape index (κ2) is 18.4. The third-order valence-electron chi connectivity index (χ3n) is 8.13. The molecular weight excluding hydrogens is 734 g/mol. The number of benzene rings is 6. The molecule has 3 amide bonds. The number of thioether (sulfide) groups is 1. The predicted octanol–water partition coefficient (Wildman–Crippen LogP) is 9.50. The number of aromatic carboxylic acids is 1. The van der Waals surface area contributed by atoms with Gasteiger partial charge in [-0.3, -0.25) is 14.4 Å². The van der Waals surface area contributed by atoms with Crippen molar-refractivity contribution in [2.75, 3.05) is 10.6 Å². The molecule has 0 bridgehead atoms. The number of anilines is 2. The number of carboxylic acids is 1. The topological polar surface area (TPSA) is 134 Å². The molecule has 6 aromatic carbocycles. The van der Waals surface area contributed by atoms with Gasteiger partial charge in [-0.15, -0.1) is 11.8 Å². The zero-order valence-electron chi connectivity index (χ0n) is 29.1. The molecule has 0 heterocycles. The van der Waals surface area contributed by atoms with Crippen molar-refractivity contribution in [2.24, 2.45) is 0 Å². The highest BCUT2D eigenvalue weighted by Crippen LogP contribution is 2.38. The number of nitrogens with one attached hydrogen (secondary N) is 3. The molecule has 0 aliphatic heterocycles. The van der Waals surface area contributed by atoms with Crippen LogP contribution in [0.2, 0.25) is 5.02 Å². The van der Waals surface area contributed by atoms with Crippen LogP contribution < -0.4 is 20.7 Å². The van der Waals surface area contributed by atoms with Gasteiger partial charge in [-0.2, -0.15) is 0 Å². The first kappa shape index (κ1) is 38.1. The zero-order valence-corrected chi connectivity index (χ0v) is 30.7. The lowest BCUT2D eigenvalue weighted by atomic mass is 10.1. The number of ether oxygens (including phenoxy) is 1. The molecule has 0 fully saturated rings. The first-order valence-electron chi connectivity index (χ1n) is 17.0. The fourth-order valence-corrected chi connectivity index (χ4v) is 6.59. The van der Waals surface area contributed by atoms with Crippen molar-refractivity contribution in [2.45, 2.75) is 16.8 Å². The monoisotopic (exact) mass is 767 g/mol. The van der Waals surface area contributed by atoms with Crippen LogP contribution in [0.25, 0.3) is 6.08 Å². The summed E-state index contributed by atoms with van der Waals surface area (Å²) in [6.07, 6.45) is 1.58. The number of hydrogen-bond acceptors (Lipinski definition) is 6. The Labute approximate surface area is 327 Å². The number of carboxylic acid groups (broad SMARTS) is 1. The molecule has 0 spiro atoms. The SMILES string of the molecule is O=C(Nc1cccc(SC(C(=O)Nc2cc(C(=O)O)ccc2Cl)c2ccccc2)c1)/C(=C\c1ccc(OCc2ccccc2)cc1)NC(=O)c1ccccc1. The van der Waals surface area contributed by atoms with E-state index in [0.717, 1.165) is 5.56 Å². The van der Waals surface area contributed by atoms with Gasteiger partial charge in [0, 0.05) is 16.1 Å². The molecular formula is C44H34ClN3O6S. The molecule has 0 radical (unpaired) electrons. The van der Waals surface area contributed by atoms with E-state index in [-0.39, 0.29) is 22.0 Å². The highest BCUT2D eigenvalue weighted by atomic mass is 35.5. The number of amides is 3. The Bertz CT molecular complexity index is 2320. The first-order valence-corrected chi connectivity index (χ1v) is 18.3. The summed E-state index contributed by atoms with van der Waals surface area (Å²) in [6.45, 7) is 0.403. The smallest absolute Gasteiger partial charge is 0.335 e. The summed E-state index contributed by atoms with van der Waals surface area (Å²) >= 11 is 7.55. The molecule has 0 saturated heterocycles. The van der Waals surface area contributed by atoms with E-state index in [1.807, 2.05) is 60.7 Å². The first-order chi connectivity index (χ1) is 26.7. The van der Waals surface area contributed by atoms with Crippen molar-refractivity contribution in [1.82, 2.24) is 5.32 Å². The Morgan fingerprint density at radius 2 is 1.38 bits per heavy atom. The second-order valence-electron chi connectivity index (χ2n) is 12.1. The molecule has 0 aliphatic carbocycles. The molecule has 0 saturated carbocycles. The molecule has 1 unspecified atom stereocenters. The average molecular weight is 768 g/mol. The minimum atomic E-state index is -1.15.